The van der Waals surface area contributed by atoms with E-state index < -0.39 is 0 Å². The Morgan fingerprint density at radius 2 is 2.09 bits per heavy atom. The molecule has 0 saturated heterocycles. The van der Waals surface area contributed by atoms with Crippen molar-refractivity contribution in [3.8, 4) is 0 Å². The molecule has 0 spiro atoms. The minimum Gasteiger partial charge on any atom is -0.305 e. The molecule has 1 atom stereocenters. The molecule has 3 rings (SSSR count). The van der Waals surface area contributed by atoms with Crippen LogP contribution in [0.15, 0.2) is 53.5 Å². The molecule has 23 heavy (non-hydrogen) atoms. The molecule has 0 fully saturated rings. The molecule has 2 aromatic heterocycles. The summed E-state index contributed by atoms with van der Waals surface area (Å²) < 4.78 is 1.57. The van der Waals surface area contributed by atoms with E-state index in [2.05, 4.69) is 17.2 Å². The first-order valence-corrected chi connectivity index (χ1v) is 7.88. The van der Waals surface area contributed by atoms with E-state index in [1.807, 2.05) is 43.3 Å². The number of rotatable bonds is 4. The Hall–Kier alpha value is -2.17. The first kappa shape index (κ1) is 15.7. The minimum absolute atomic E-state index is 0.0640. The van der Waals surface area contributed by atoms with E-state index in [9.17, 15) is 4.79 Å². The van der Waals surface area contributed by atoms with Crippen LogP contribution in [0.1, 0.15) is 29.8 Å². The molecule has 118 valence electrons. The van der Waals surface area contributed by atoms with E-state index in [0.717, 1.165) is 16.8 Å². The Morgan fingerprint density at radius 1 is 1.26 bits per heavy atom. The molecule has 3 aromatic rings. The second-order valence-electron chi connectivity index (χ2n) is 5.68. The van der Waals surface area contributed by atoms with Crippen LogP contribution in [0, 0.1) is 6.92 Å². The number of nitrogens with one attached hydrogen (secondary N) is 1. The van der Waals surface area contributed by atoms with Crippen LogP contribution in [0.3, 0.4) is 0 Å². The highest BCUT2D eigenvalue weighted by atomic mass is 35.5. The van der Waals surface area contributed by atoms with Gasteiger partial charge in [-0.2, -0.15) is 0 Å². The molecule has 0 aliphatic rings. The minimum atomic E-state index is -0.0640. The Kier molecular flexibility index (Phi) is 4.46. The summed E-state index contributed by atoms with van der Waals surface area (Å²) in [6.45, 7) is 4.53. The SMILES string of the molecule is Cc1ccc2nc(CN[C@@H](C)c3cccc(Cl)c3)cc(=O)n2c1. The van der Waals surface area contributed by atoms with Crippen molar-refractivity contribution in [2.24, 2.45) is 0 Å². The third-order valence-corrected chi connectivity index (χ3v) is 4.03. The van der Waals surface area contributed by atoms with Gasteiger partial charge in [-0.3, -0.25) is 9.20 Å². The number of aryl methyl sites for hydroxylation is 1. The van der Waals surface area contributed by atoms with E-state index in [0.29, 0.717) is 17.2 Å². The van der Waals surface area contributed by atoms with Gasteiger partial charge in [0.25, 0.3) is 5.56 Å². The number of hydrogen-bond donors (Lipinski definition) is 1. The van der Waals surface area contributed by atoms with Crippen molar-refractivity contribution in [3.63, 3.8) is 0 Å². The lowest BCUT2D eigenvalue weighted by Crippen LogP contribution is -2.22. The van der Waals surface area contributed by atoms with Gasteiger partial charge in [-0.1, -0.05) is 29.8 Å². The number of fused-ring (bicyclic) bond motifs is 1. The van der Waals surface area contributed by atoms with Crippen molar-refractivity contribution in [1.82, 2.24) is 14.7 Å². The Balaban J connectivity index is 1.79. The van der Waals surface area contributed by atoms with Gasteiger partial charge in [0.1, 0.15) is 5.65 Å². The summed E-state index contributed by atoms with van der Waals surface area (Å²) >= 11 is 6.02. The first-order chi connectivity index (χ1) is 11.0. The van der Waals surface area contributed by atoms with Crippen LogP contribution in [0.25, 0.3) is 5.65 Å². The normalized spacial score (nSPS) is 12.5. The molecule has 5 heteroatoms. The second kappa shape index (κ2) is 6.52. The Bertz CT molecular complexity index is 904. The molecule has 0 bridgehead atoms. The third kappa shape index (κ3) is 3.60. The van der Waals surface area contributed by atoms with Crippen molar-refractivity contribution in [1.29, 1.82) is 0 Å². The average molecular weight is 328 g/mol. The van der Waals surface area contributed by atoms with Gasteiger partial charge in [0.2, 0.25) is 0 Å². The molecule has 4 nitrogen and oxygen atoms in total. The van der Waals surface area contributed by atoms with Crippen LogP contribution in [0.2, 0.25) is 5.02 Å². The lowest BCUT2D eigenvalue weighted by Gasteiger charge is -2.14. The summed E-state index contributed by atoms with van der Waals surface area (Å²) in [4.78, 5) is 16.7. The fourth-order valence-electron chi connectivity index (χ4n) is 2.50. The summed E-state index contributed by atoms with van der Waals surface area (Å²) in [5, 5.41) is 4.09. The molecular formula is C18H18ClN3O. The third-order valence-electron chi connectivity index (χ3n) is 3.80. The first-order valence-electron chi connectivity index (χ1n) is 7.51. The zero-order valence-corrected chi connectivity index (χ0v) is 13.8. The Morgan fingerprint density at radius 3 is 2.87 bits per heavy atom. The summed E-state index contributed by atoms with van der Waals surface area (Å²) in [7, 11) is 0. The summed E-state index contributed by atoms with van der Waals surface area (Å²) in [6.07, 6.45) is 1.80. The molecular weight excluding hydrogens is 310 g/mol. The summed E-state index contributed by atoms with van der Waals surface area (Å²) in [5.74, 6) is 0. The van der Waals surface area contributed by atoms with Gasteiger partial charge in [-0.05, 0) is 43.2 Å². The molecule has 0 radical (unpaired) electrons. The monoisotopic (exact) mass is 327 g/mol. The predicted octanol–water partition coefficient (Wildman–Crippen LogP) is 3.51. The van der Waals surface area contributed by atoms with Gasteiger partial charge < -0.3 is 5.32 Å². The number of pyridine rings is 1. The lowest BCUT2D eigenvalue weighted by atomic mass is 10.1. The van der Waals surface area contributed by atoms with Gasteiger partial charge in [-0.25, -0.2) is 4.98 Å². The second-order valence-corrected chi connectivity index (χ2v) is 6.11. The topological polar surface area (TPSA) is 46.4 Å². The van der Waals surface area contributed by atoms with E-state index >= 15 is 0 Å². The maximum atomic E-state index is 12.2. The highest BCUT2D eigenvalue weighted by Crippen LogP contribution is 2.17. The fourth-order valence-corrected chi connectivity index (χ4v) is 2.70. The molecule has 1 N–H and O–H groups in total. The number of nitrogens with zero attached hydrogens (tertiary/aromatic N) is 2. The van der Waals surface area contributed by atoms with Gasteiger partial charge in [0, 0.05) is 29.9 Å². The number of halogens is 1. The maximum absolute atomic E-state index is 12.2. The van der Waals surface area contributed by atoms with Crippen molar-refractivity contribution in [2.75, 3.05) is 0 Å². The van der Waals surface area contributed by atoms with Crippen molar-refractivity contribution in [2.45, 2.75) is 26.4 Å². The zero-order chi connectivity index (χ0) is 16.4. The standard InChI is InChI=1S/C18H18ClN3O/c1-12-6-7-17-21-16(9-18(23)22(17)11-12)10-20-13(2)14-4-3-5-15(19)8-14/h3-9,11,13,20H,10H2,1-2H3/t13-/m0/s1. The number of hydrogen-bond acceptors (Lipinski definition) is 3. The zero-order valence-electron chi connectivity index (χ0n) is 13.1. The molecule has 0 aliphatic heterocycles. The smallest absolute Gasteiger partial charge is 0.258 e. The molecule has 2 heterocycles. The molecule has 0 unspecified atom stereocenters. The lowest BCUT2D eigenvalue weighted by molar-refractivity contribution is 0.567. The largest absolute Gasteiger partial charge is 0.305 e. The number of benzene rings is 1. The van der Waals surface area contributed by atoms with Crippen LogP contribution in [0.4, 0.5) is 0 Å². The molecule has 1 aromatic carbocycles. The highest BCUT2D eigenvalue weighted by Gasteiger charge is 2.07. The maximum Gasteiger partial charge on any atom is 0.258 e. The summed E-state index contributed by atoms with van der Waals surface area (Å²) in [5.41, 5.74) is 3.46. The van der Waals surface area contributed by atoms with Crippen LogP contribution in [0.5, 0.6) is 0 Å². The van der Waals surface area contributed by atoms with Crippen molar-refractivity contribution in [3.05, 3.63) is 80.9 Å². The highest BCUT2D eigenvalue weighted by molar-refractivity contribution is 6.30. The predicted molar refractivity (Wildman–Crippen MR) is 92.9 cm³/mol. The van der Waals surface area contributed by atoms with E-state index in [1.54, 1.807) is 16.7 Å². The van der Waals surface area contributed by atoms with Crippen molar-refractivity contribution < 1.29 is 0 Å². The van der Waals surface area contributed by atoms with Gasteiger partial charge in [-0.15, -0.1) is 0 Å². The fraction of sp³-hybridized carbons (Fsp3) is 0.222. The quantitative estimate of drug-likeness (QED) is 0.797. The number of aromatic nitrogens is 2. The van der Waals surface area contributed by atoms with Gasteiger partial charge in [0.15, 0.2) is 0 Å². The van der Waals surface area contributed by atoms with Crippen molar-refractivity contribution >= 4 is 17.2 Å². The molecule has 0 aliphatic carbocycles. The van der Waals surface area contributed by atoms with Gasteiger partial charge >= 0.3 is 0 Å². The van der Waals surface area contributed by atoms with Gasteiger partial charge in [0.05, 0.1) is 5.69 Å². The molecule has 0 saturated carbocycles. The van der Waals surface area contributed by atoms with Crippen LogP contribution < -0.4 is 10.9 Å². The van der Waals surface area contributed by atoms with Crippen LogP contribution >= 0.6 is 11.6 Å². The van der Waals surface area contributed by atoms with E-state index in [4.69, 9.17) is 11.6 Å². The van der Waals surface area contributed by atoms with E-state index in [1.165, 1.54) is 0 Å². The Labute approximate surface area is 139 Å². The van der Waals surface area contributed by atoms with Crippen LogP contribution in [-0.2, 0) is 6.54 Å². The summed E-state index contributed by atoms with van der Waals surface area (Å²) in [6, 6.07) is 13.2. The van der Waals surface area contributed by atoms with Crippen LogP contribution in [-0.4, -0.2) is 9.38 Å². The van der Waals surface area contributed by atoms with E-state index in [-0.39, 0.29) is 11.6 Å². The molecule has 0 amide bonds. The average Bonchev–Trinajstić information content (AvgIpc) is 2.53.